The van der Waals surface area contributed by atoms with E-state index in [-0.39, 0.29) is 5.78 Å². The van der Waals surface area contributed by atoms with Crippen LogP contribution in [0.3, 0.4) is 0 Å². The van der Waals surface area contributed by atoms with Gasteiger partial charge < -0.3 is 4.74 Å². The van der Waals surface area contributed by atoms with Gasteiger partial charge >= 0.3 is 0 Å². The molecule has 0 aliphatic carbocycles. The summed E-state index contributed by atoms with van der Waals surface area (Å²) in [7, 11) is 0. The van der Waals surface area contributed by atoms with Crippen LogP contribution in [0, 0.1) is 0 Å². The van der Waals surface area contributed by atoms with Gasteiger partial charge in [0.1, 0.15) is 5.75 Å². The summed E-state index contributed by atoms with van der Waals surface area (Å²) in [6.45, 7) is 0.645. The van der Waals surface area contributed by atoms with Gasteiger partial charge in [-0.05, 0) is 42.0 Å². The van der Waals surface area contributed by atoms with Crippen LogP contribution in [0.5, 0.6) is 5.75 Å². The van der Waals surface area contributed by atoms with E-state index >= 15 is 0 Å². The van der Waals surface area contributed by atoms with Gasteiger partial charge in [-0.1, -0.05) is 31.9 Å². The molecule has 0 N–H and O–H groups in total. The molecule has 0 saturated carbocycles. The summed E-state index contributed by atoms with van der Waals surface area (Å²) in [4.78, 5) is 12.6. The van der Waals surface area contributed by atoms with Gasteiger partial charge in [-0.3, -0.25) is 4.79 Å². The SMILES string of the molecule is O=C(c1ccc(Br)cc1)c1cc(Br)cc2c1OCC2. The summed E-state index contributed by atoms with van der Waals surface area (Å²) in [6, 6.07) is 11.2. The molecule has 4 heteroatoms. The summed E-state index contributed by atoms with van der Waals surface area (Å²) in [5.74, 6) is 0.725. The Hall–Kier alpha value is -1.13. The zero-order valence-electron chi connectivity index (χ0n) is 9.95. The molecule has 0 atom stereocenters. The zero-order valence-corrected chi connectivity index (χ0v) is 13.1. The number of ether oxygens (including phenoxy) is 1. The third-order valence-corrected chi connectivity index (χ3v) is 4.09. The van der Waals surface area contributed by atoms with Crippen molar-refractivity contribution in [3.05, 3.63) is 62.0 Å². The Morgan fingerprint density at radius 1 is 1.05 bits per heavy atom. The molecular weight excluding hydrogens is 372 g/mol. The maximum atomic E-state index is 12.6. The number of hydrogen-bond donors (Lipinski definition) is 0. The molecule has 0 unspecified atom stereocenters. The molecule has 2 aromatic rings. The first-order chi connectivity index (χ1) is 9.15. The lowest BCUT2D eigenvalue weighted by Gasteiger charge is -2.08. The van der Waals surface area contributed by atoms with Crippen molar-refractivity contribution in [2.24, 2.45) is 0 Å². The maximum absolute atomic E-state index is 12.6. The Morgan fingerprint density at radius 3 is 2.53 bits per heavy atom. The number of carbonyl (C=O) groups excluding carboxylic acids is 1. The first-order valence-corrected chi connectivity index (χ1v) is 7.49. The van der Waals surface area contributed by atoms with Crippen LogP contribution in [0.2, 0.25) is 0 Å². The average molecular weight is 382 g/mol. The first-order valence-electron chi connectivity index (χ1n) is 5.90. The molecule has 2 aromatic carbocycles. The molecule has 0 fully saturated rings. The van der Waals surface area contributed by atoms with Crippen molar-refractivity contribution >= 4 is 37.6 Å². The van der Waals surface area contributed by atoms with E-state index in [0.29, 0.717) is 17.7 Å². The summed E-state index contributed by atoms with van der Waals surface area (Å²) >= 11 is 6.82. The standard InChI is InChI=1S/C15H10Br2O2/c16-11-3-1-9(2-4-11)14(18)13-8-12(17)7-10-5-6-19-15(10)13/h1-4,7-8H,5-6H2. The molecule has 0 bridgehead atoms. The van der Waals surface area contributed by atoms with Crippen LogP contribution in [0.15, 0.2) is 45.3 Å². The predicted molar refractivity (Wildman–Crippen MR) is 80.9 cm³/mol. The van der Waals surface area contributed by atoms with Crippen molar-refractivity contribution in [2.75, 3.05) is 6.61 Å². The molecule has 2 nitrogen and oxygen atoms in total. The van der Waals surface area contributed by atoms with E-state index in [1.807, 2.05) is 36.4 Å². The van der Waals surface area contributed by atoms with E-state index < -0.39 is 0 Å². The highest BCUT2D eigenvalue weighted by Crippen LogP contribution is 2.34. The van der Waals surface area contributed by atoms with Crippen molar-refractivity contribution in [1.82, 2.24) is 0 Å². The third-order valence-electron chi connectivity index (χ3n) is 3.10. The molecular formula is C15H10Br2O2. The van der Waals surface area contributed by atoms with Crippen LogP contribution in [-0.2, 0) is 6.42 Å². The van der Waals surface area contributed by atoms with Crippen molar-refractivity contribution in [1.29, 1.82) is 0 Å². The lowest BCUT2D eigenvalue weighted by atomic mass is 10.00. The minimum absolute atomic E-state index is 0.00745. The van der Waals surface area contributed by atoms with Gasteiger partial charge in [0.25, 0.3) is 0 Å². The van der Waals surface area contributed by atoms with Crippen molar-refractivity contribution in [3.63, 3.8) is 0 Å². The second kappa shape index (κ2) is 5.10. The van der Waals surface area contributed by atoms with Crippen molar-refractivity contribution in [2.45, 2.75) is 6.42 Å². The van der Waals surface area contributed by atoms with Gasteiger partial charge in [0.2, 0.25) is 0 Å². The number of halogens is 2. The Labute approximate surface area is 128 Å². The minimum atomic E-state index is -0.00745. The number of rotatable bonds is 2. The fourth-order valence-electron chi connectivity index (χ4n) is 2.19. The molecule has 1 aliphatic rings. The lowest BCUT2D eigenvalue weighted by molar-refractivity contribution is 0.103. The monoisotopic (exact) mass is 380 g/mol. The van der Waals surface area contributed by atoms with E-state index in [1.54, 1.807) is 0 Å². The molecule has 3 rings (SSSR count). The quantitative estimate of drug-likeness (QED) is 0.721. The van der Waals surface area contributed by atoms with Crippen molar-refractivity contribution in [3.8, 4) is 5.75 Å². The Morgan fingerprint density at radius 2 is 1.79 bits per heavy atom. The van der Waals surface area contributed by atoms with E-state index in [2.05, 4.69) is 31.9 Å². The number of hydrogen-bond acceptors (Lipinski definition) is 2. The molecule has 0 radical (unpaired) electrons. The Kier molecular flexibility index (Phi) is 3.46. The summed E-state index contributed by atoms with van der Waals surface area (Å²) in [5.41, 5.74) is 2.39. The predicted octanol–water partition coefficient (Wildman–Crippen LogP) is 4.38. The van der Waals surface area contributed by atoms with Gasteiger partial charge in [0.05, 0.1) is 12.2 Å². The highest BCUT2D eigenvalue weighted by Gasteiger charge is 2.22. The lowest BCUT2D eigenvalue weighted by Crippen LogP contribution is -2.03. The second-order valence-corrected chi connectivity index (χ2v) is 6.21. The molecule has 0 saturated heterocycles. The summed E-state index contributed by atoms with van der Waals surface area (Å²) in [5, 5.41) is 0. The number of carbonyl (C=O) groups is 1. The minimum Gasteiger partial charge on any atom is -0.492 e. The van der Waals surface area contributed by atoms with E-state index in [4.69, 9.17) is 4.74 Å². The number of fused-ring (bicyclic) bond motifs is 1. The molecule has 0 aromatic heterocycles. The van der Waals surface area contributed by atoms with Crippen LogP contribution in [0.1, 0.15) is 21.5 Å². The second-order valence-electron chi connectivity index (χ2n) is 4.38. The molecule has 1 aliphatic heterocycles. The van der Waals surface area contributed by atoms with Crippen LogP contribution in [-0.4, -0.2) is 12.4 Å². The molecule has 19 heavy (non-hydrogen) atoms. The molecule has 1 heterocycles. The van der Waals surface area contributed by atoms with Gasteiger partial charge in [-0.25, -0.2) is 0 Å². The van der Waals surface area contributed by atoms with Crippen molar-refractivity contribution < 1.29 is 9.53 Å². The number of ketones is 1. The van der Waals surface area contributed by atoms with E-state index in [0.717, 1.165) is 26.7 Å². The molecule has 0 spiro atoms. The average Bonchev–Trinajstić information content (AvgIpc) is 2.85. The smallest absolute Gasteiger partial charge is 0.196 e. The van der Waals surface area contributed by atoms with Crippen LogP contribution < -0.4 is 4.74 Å². The summed E-state index contributed by atoms with van der Waals surface area (Å²) in [6.07, 6.45) is 0.857. The fourth-order valence-corrected chi connectivity index (χ4v) is 2.96. The zero-order chi connectivity index (χ0) is 13.4. The van der Waals surface area contributed by atoms with Crippen LogP contribution in [0.4, 0.5) is 0 Å². The fraction of sp³-hybridized carbons (Fsp3) is 0.133. The Bertz CT molecular complexity index is 648. The molecule has 0 amide bonds. The largest absolute Gasteiger partial charge is 0.492 e. The van der Waals surface area contributed by atoms with Crippen LogP contribution >= 0.6 is 31.9 Å². The number of benzene rings is 2. The van der Waals surface area contributed by atoms with Gasteiger partial charge in [0, 0.05) is 20.9 Å². The highest BCUT2D eigenvalue weighted by atomic mass is 79.9. The summed E-state index contributed by atoms with van der Waals surface area (Å²) < 4.78 is 7.47. The normalized spacial score (nSPS) is 12.9. The highest BCUT2D eigenvalue weighted by molar-refractivity contribution is 9.10. The van der Waals surface area contributed by atoms with Gasteiger partial charge in [-0.15, -0.1) is 0 Å². The van der Waals surface area contributed by atoms with Crippen LogP contribution in [0.25, 0.3) is 0 Å². The van der Waals surface area contributed by atoms with E-state index in [1.165, 1.54) is 0 Å². The van der Waals surface area contributed by atoms with Gasteiger partial charge in [-0.2, -0.15) is 0 Å². The third kappa shape index (κ3) is 2.47. The van der Waals surface area contributed by atoms with Gasteiger partial charge in [0.15, 0.2) is 5.78 Å². The Balaban J connectivity index is 2.07. The maximum Gasteiger partial charge on any atom is 0.196 e. The molecule has 96 valence electrons. The first kappa shape index (κ1) is 12.9. The topological polar surface area (TPSA) is 26.3 Å². The van der Waals surface area contributed by atoms with E-state index in [9.17, 15) is 4.79 Å².